The van der Waals surface area contributed by atoms with E-state index >= 15 is 0 Å². The first-order chi connectivity index (χ1) is 16.0. The zero-order valence-electron chi connectivity index (χ0n) is 19.1. The molecule has 1 N–H and O–H groups in total. The molecule has 0 saturated carbocycles. The number of rotatable bonds is 11. The highest BCUT2D eigenvalue weighted by Crippen LogP contribution is 2.29. The zero-order valence-corrected chi connectivity index (χ0v) is 19.9. The van der Waals surface area contributed by atoms with Crippen molar-refractivity contribution in [3.63, 3.8) is 0 Å². The maximum absolute atomic E-state index is 13.0. The van der Waals surface area contributed by atoms with Crippen LogP contribution in [0.2, 0.25) is 0 Å². The van der Waals surface area contributed by atoms with E-state index < -0.39 is 0 Å². The Balaban J connectivity index is 1.74. The van der Waals surface area contributed by atoms with Gasteiger partial charge in [0.05, 0.1) is 12.4 Å². The second-order valence-electron chi connectivity index (χ2n) is 7.43. The molecule has 0 fully saturated rings. The number of aromatic nitrogens is 3. The molecule has 172 valence electrons. The summed E-state index contributed by atoms with van der Waals surface area (Å²) in [5.74, 6) is 1.41. The van der Waals surface area contributed by atoms with Gasteiger partial charge in [0.15, 0.2) is 16.8 Å². The number of allylic oxidation sites excluding steroid dienone is 1. The minimum atomic E-state index is -0.373. The smallest absolute Gasteiger partial charge is 0.224 e. The minimum Gasteiger partial charge on any atom is -0.497 e. The number of ketones is 1. The van der Waals surface area contributed by atoms with Crippen molar-refractivity contribution in [3.05, 3.63) is 66.7 Å². The van der Waals surface area contributed by atoms with Gasteiger partial charge in [0.25, 0.3) is 0 Å². The van der Waals surface area contributed by atoms with Crippen LogP contribution in [0.4, 0.5) is 5.69 Å². The molecule has 0 bridgehead atoms. The van der Waals surface area contributed by atoms with Gasteiger partial charge in [-0.2, -0.15) is 0 Å². The van der Waals surface area contributed by atoms with Gasteiger partial charge in [-0.25, -0.2) is 0 Å². The number of benzene rings is 2. The van der Waals surface area contributed by atoms with E-state index in [2.05, 4.69) is 22.1 Å². The van der Waals surface area contributed by atoms with Crippen LogP contribution in [0.25, 0.3) is 11.4 Å². The fourth-order valence-electron chi connectivity index (χ4n) is 3.24. The Bertz CT molecular complexity index is 1110. The normalized spacial score (nSPS) is 11.6. The van der Waals surface area contributed by atoms with Crippen LogP contribution in [0.1, 0.15) is 37.0 Å². The van der Waals surface area contributed by atoms with E-state index in [-0.39, 0.29) is 16.9 Å². The van der Waals surface area contributed by atoms with Crippen LogP contribution in [0.5, 0.6) is 5.75 Å². The first-order valence-electron chi connectivity index (χ1n) is 10.8. The molecular formula is C25H28N4O3S. The van der Waals surface area contributed by atoms with Crippen LogP contribution < -0.4 is 10.1 Å². The zero-order chi connectivity index (χ0) is 23.8. The molecule has 3 rings (SSSR count). The molecule has 1 aromatic heterocycles. The number of anilines is 1. The molecule has 1 amide bonds. The van der Waals surface area contributed by atoms with E-state index in [9.17, 15) is 9.59 Å². The van der Waals surface area contributed by atoms with Crippen molar-refractivity contribution in [2.75, 3.05) is 12.4 Å². The molecule has 0 spiro atoms. The first-order valence-corrected chi connectivity index (χ1v) is 11.6. The van der Waals surface area contributed by atoms with Crippen LogP contribution in [0.3, 0.4) is 0 Å². The molecule has 8 heteroatoms. The number of ether oxygens (including phenoxy) is 1. The van der Waals surface area contributed by atoms with Crippen molar-refractivity contribution in [1.29, 1.82) is 0 Å². The average Bonchev–Trinajstić information content (AvgIpc) is 3.21. The van der Waals surface area contributed by atoms with Gasteiger partial charge in [0.1, 0.15) is 5.75 Å². The molecule has 0 unspecified atom stereocenters. The summed E-state index contributed by atoms with van der Waals surface area (Å²) in [6, 6.07) is 14.6. The Hall–Kier alpha value is -3.39. The number of carbonyl (C=O) groups is 2. The highest BCUT2D eigenvalue weighted by atomic mass is 32.2. The largest absolute Gasteiger partial charge is 0.497 e. The van der Waals surface area contributed by atoms with Crippen LogP contribution in [-0.2, 0) is 11.3 Å². The molecule has 0 aliphatic rings. The second kappa shape index (κ2) is 11.5. The maximum atomic E-state index is 13.0. The summed E-state index contributed by atoms with van der Waals surface area (Å²) in [4.78, 5) is 24.8. The van der Waals surface area contributed by atoms with Gasteiger partial charge < -0.3 is 10.1 Å². The van der Waals surface area contributed by atoms with E-state index in [1.54, 1.807) is 37.5 Å². The minimum absolute atomic E-state index is 0.0226. The average molecular weight is 465 g/mol. The molecule has 2 aromatic carbocycles. The van der Waals surface area contributed by atoms with Gasteiger partial charge in [-0.3, -0.25) is 14.2 Å². The summed E-state index contributed by atoms with van der Waals surface area (Å²) in [7, 11) is 1.62. The lowest BCUT2D eigenvalue weighted by atomic mass is 10.1. The lowest BCUT2D eigenvalue weighted by molar-refractivity contribution is -0.116. The van der Waals surface area contributed by atoms with Crippen molar-refractivity contribution >= 4 is 29.1 Å². The molecule has 1 atom stereocenters. The Labute approximate surface area is 198 Å². The number of carbonyl (C=O) groups excluding carboxylic acids is 2. The predicted molar refractivity (Wildman–Crippen MR) is 132 cm³/mol. The van der Waals surface area contributed by atoms with Crippen molar-refractivity contribution in [2.24, 2.45) is 0 Å². The quantitative estimate of drug-likeness (QED) is 0.237. The maximum Gasteiger partial charge on any atom is 0.224 e. The van der Waals surface area contributed by atoms with Gasteiger partial charge in [-0.1, -0.05) is 24.8 Å². The van der Waals surface area contributed by atoms with E-state index in [1.807, 2.05) is 42.7 Å². The van der Waals surface area contributed by atoms with Gasteiger partial charge in [0.2, 0.25) is 5.91 Å². The lowest BCUT2D eigenvalue weighted by Crippen LogP contribution is -2.15. The molecule has 0 aliphatic carbocycles. The number of methoxy groups -OCH3 is 1. The van der Waals surface area contributed by atoms with Gasteiger partial charge in [-0.05, 0) is 61.9 Å². The lowest BCUT2D eigenvalue weighted by Gasteiger charge is -2.12. The highest BCUT2D eigenvalue weighted by molar-refractivity contribution is 8.00. The van der Waals surface area contributed by atoms with Crippen molar-refractivity contribution in [3.8, 4) is 17.1 Å². The second-order valence-corrected chi connectivity index (χ2v) is 8.74. The number of Topliss-reactive ketones (excluding diaryl/α,β-unsaturated/α-hetero) is 1. The number of thioether (sulfide) groups is 1. The van der Waals surface area contributed by atoms with E-state index in [0.717, 1.165) is 17.7 Å². The van der Waals surface area contributed by atoms with Gasteiger partial charge in [-0.15, -0.1) is 16.8 Å². The number of hydrogen-bond acceptors (Lipinski definition) is 6. The van der Waals surface area contributed by atoms with Crippen LogP contribution in [-0.4, -0.2) is 38.8 Å². The standard InChI is InChI=1S/C25H28N4O3S/c1-5-7-22(30)26-20-12-8-18(9-13-20)23(31)17(3)33-25-28-27-24(29(25)16-6-2)19-10-14-21(32-4)15-11-19/h6,8-15,17H,2,5,7,16H2,1,3-4H3,(H,26,30)/t17-/m1/s1. The molecule has 3 aromatic rings. The summed E-state index contributed by atoms with van der Waals surface area (Å²) in [6.45, 7) is 8.16. The number of amides is 1. The van der Waals surface area contributed by atoms with Crippen LogP contribution >= 0.6 is 11.8 Å². The van der Waals surface area contributed by atoms with Gasteiger partial charge >= 0.3 is 0 Å². The highest BCUT2D eigenvalue weighted by Gasteiger charge is 2.21. The summed E-state index contributed by atoms with van der Waals surface area (Å²) in [5, 5.41) is 11.8. The Morgan fingerprint density at radius 1 is 1.15 bits per heavy atom. The van der Waals surface area contributed by atoms with Crippen molar-refractivity contribution in [1.82, 2.24) is 14.8 Å². The van der Waals surface area contributed by atoms with E-state index in [0.29, 0.717) is 35.2 Å². The van der Waals surface area contributed by atoms with Gasteiger partial charge in [0, 0.05) is 29.8 Å². The molecule has 7 nitrogen and oxygen atoms in total. The predicted octanol–water partition coefficient (Wildman–Crippen LogP) is 5.24. The van der Waals surface area contributed by atoms with Crippen molar-refractivity contribution in [2.45, 2.75) is 43.6 Å². The molecule has 0 saturated heterocycles. The number of nitrogens with zero attached hydrogens (tertiary/aromatic N) is 3. The third-order valence-electron chi connectivity index (χ3n) is 4.96. The third kappa shape index (κ3) is 6.10. The topological polar surface area (TPSA) is 86.1 Å². The van der Waals surface area contributed by atoms with Crippen LogP contribution in [0, 0.1) is 0 Å². The van der Waals surface area contributed by atoms with Crippen LogP contribution in [0.15, 0.2) is 66.3 Å². The summed E-state index contributed by atoms with van der Waals surface area (Å²) in [5.41, 5.74) is 2.16. The van der Waals surface area contributed by atoms with E-state index in [1.165, 1.54) is 11.8 Å². The SMILES string of the molecule is C=CCn1c(S[C@H](C)C(=O)c2ccc(NC(=O)CCC)cc2)nnc1-c1ccc(OC)cc1. The Kier molecular flexibility index (Phi) is 8.43. The summed E-state index contributed by atoms with van der Waals surface area (Å²) >= 11 is 1.36. The Morgan fingerprint density at radius 3 is 2.45 bits per heavy atom. The molecular weight excluding hydrogens is 436 g/mol. The summed E-state index contributed by atoms with van der Waals surface area (Å²) < 4.78 is 7.16. The molecule has 0 radical (unpaired) electrons. The number of hydrogen-bond donors (Lipinski definition) is 1. The first kappa shape index (κ1) is 24.3. The molecule has 33 heavy (non-hydrogen) atoms. The van der Waals surface area contributed by atoms with Crippen molar-refractivity contribution < 1.29 is 14.3 Å². The monoisotopic (exact) mass is 464 g/mol. The third-order valence-corrected chi connectivity index (χ3v) is 6.04. The summed E-state index contributed by atoms with van der Waals surface area (Å²) in [6.07, 6.45) is 3.03. The fraction of sp³-hybridized carbons (Fsp3) is 0.280. The Morgan fingerprint density at radius 2 is 1.85 bits per heavy atom. The number of nitrogens with one attached hydrogen (secondary N) is 1. The molecule has 1 heterocycles. The van der Waals surface area contributed by atoms with E-state index in [4.69, 9.17) is 4.74 Å². The molecule has 0 aliphatic heterocycles. The fourth-order valence-corrected chi connectivity index (χ4v) is 4.17.